The number of amides is 2. The summed E-state index contributed by atoms with van der Waals surface area (Å²) >= 11 is 4.04. The van der Waals surface area contributed by atoms with Crippen LogP contribution in [0.25, 0.3) is 0 Å². The van der Waals surface area contributed by atoms with Crippen LogP contribution in [0.15, 0.2) is 15.6 Å². The number of methoxy groups -OCH3 is 1. The Morgan fingerprint density at radius 1 is 1.39 bits per heavy atom. The van der Waals surface area contributed by atoms with Gasteiger partial charge in [0.1, 0.15) is 22.1 Å². The Kier molecular flexibility index (Phi) is 8.00. The van der Waals surface area contributed by atoms with Crippen molar-refractivity contribution < 1.29 is 34.1 Å². The first-order valence-electron chi connectivity index (χ1n) is 9.78. The summed E-state index contributed by atoms with van der Waals surface area (Å²) in [6, 6.07) is -1.08. The zero-order valence-electron chi connectivity index (χ0n) is 17.8. The Labute approximate surface area is 201 Å². The normalized spacial score (nSPS) is 23.1. The summed E-state index contributed by atoms with van der Waals surface area (Å²) in [6.07, 6.45) is 0.255. The summed E-state index contributed by atoms with van der Waals surface area (Å²) in [7, 11) is 1.27. The molecule has 3 heterocycles. The van der Waals surface area contributed by atoms with Crippen LogP contribution in [-0.4, -0.2) is 84.8 Å². The van der Waals surface area contributed by atoms with Crippen LogP contribution in [0.5, 0.6) is 0 Å². The Morgan fingerprint density at radius 3 is 2.70 bits per heavy atom. The third-order valence-electron chi connectivity index (χ3n) is 5.07. The number of ether oxygens (including phenoxy) is 1. The molecule has 2 aliphatic heterocycles. The fourth-order valence-electron chi connectivity index (χ4n) is 3.42. The summed E-state index contributed by atoms with van der Waals surface area (Å²) < 4.78 is 6.09. The Morgan fingerprint density at radius 2 is 2.12 bits per heavy atom. The van der Waals surface area contributed by atoms with Crippen molar-refractivity contribution in [3.8, 4) is 0 Å². The van der Waals surface area contributed by atoms with Crippen LogP contribution >= 0.6 is 34.9 Å². The predicted octanol–water partition coefficient (Wildman–Crippen LogP) is 0.234. The Bertz CT molecular complexity index is 1000. The molecule has 3 atom stereocenters. The van der Waals surface area contributed by atoms with E-state index in [1.165, 1.54) is 42.0 Å². The molecule has 2 aliphatic rings. The molecule has 5 N–H and O–H groups in total. The van der Waals surface area contributed by atoms with E-state index < -0.39 is 40.9 Å². The van der Waals surface area contributed by atoms with E-state index >= 15 is 0 Å². The van der Waals surface area contributed by atoms with Crippen LogP contribution in [0, 0.1) is 6.92 Å². The Balaban J connectivity index is 1.69. The van der Waals surface area contributed by atoms with Crippen molar-refractivity contribution in [2.75, 3.05) is 18.6 Å². The smallest absolute Gasteiger partial charge is 0.352 e. The molecule has 12 nitrogen and oxygen atoms in total. The molecular weight excluding hydrogens is 494 g/mol. The number of fused-ring (bicyclic) bond motifs is 1. The number of nitrogens with one attached hydrogen (secondary N) is 1. The van der Waals surface area contributed by atoms with Crippen LogP contribution in [0.4, 0.5) is 0 Å². The lowest BCUT2D eigenvalue weighted by Crippen LogP contribution is -2.80. The van der Waals surface area contributed by atoms with Crippen molar-refractivity contribution in [1.82, 2.24) is 20.4 Å². The van der Waals surface area contributed by atoms with Crippen LogP contribution in [0.3, 0.4) is 0 Å². The van der Waals surface area contributed by atoms with E-state index in [1.54, 1.807) is 0 Å². The minimum Gasteiger partial charge on any atom is -0.480 e. The first kappa shape index (κ1) is 25.4. The number of hydrogen-bond acceptors (Lipinski definition) is 11. The number of carboxylic acid groups (broad SMARTS) is 2. The van der Waals surface area contributed by atoms with E-state index in [1.807, 2.05) is 6.92 Å². The Hall–Kier alpha value is -2.20. The van der Waals surface area contributed by atoms with Gasteiger partial charge in [0.2, 0.25) is 5.91 Å². The second kappa shape index (κ2) is 10.4. The number of carbonyl (C=O) groups excluding carboxylic acids is 2. The molecule has 0 aromatic carbocycles. The summed E-state index contributed by atoms with van der Waals surface area (Å²) in [5, 5.41) is 29.2. The molecule has 3 rings (SSSR count). The number of thioether (sulfide) groups is 2. The lowest BCUT2D eigenvalue weighted by atomic mass is 9.98. The number of hydrogen-bond donors (Lipinski definition) is 4. The lowest BCUT2D eigenvalue weighted by Gasteiger charge is -2.55. The zero-order valence-corrected chi connectivity index (χ0v) is 20.2. The van der Waals surface area contributed by atoms with Gasteiger partial charge in [-0.2, -0.15) is 0 Å². The maximum atomic E-state index is 13.0. The fraction of sp³-hybridized carbons (Fsp3) is 0.556. The summed E-state index contributed by atoms with van der Waals surface area (Å²) in [4.78, 5) is 49.4. The molecule has 0 saturated carbocycles. The number of nitrogens with zero attached hydrogens (tertiary/aromatic N) is 3. The molecule has 180 valence electrons. The second-order valence-corrected chi connectivity index (χ2v) is 10.8. The van der Waals surface area contributed by atoms with Crippen molar-refractivity contribution in [3.63, 3.8) is 0 Å². The molecule has 1 saturated heterocycles. The van der Waals surface area contributed by atoms with Gasteiger partial charge >= 0.3 is 11.9 Å². The molecule has 0 unspecified atom stereocenters. The number of nitrogens with two attached hydrogens (primary N) is 1. The molecule has 1 aromatic rings. The number of β-lactam (4-membered cyclic amide) rings is 1. The third-order valence-corrected chi connectivity index (χ3v) is 8.51. The lowest BCUT2D eigenvalue weighted by molar-refractivity contribution is -0.192. The molecule has 0 bridgehead atoms. The first-order chi connectivity index (χ1) is 15.6. The van der Waals surface area contributed by atoms with Crippen molar-refractivity contribution in [1.29, 1.82) is 0 Å². The fourth-order valence-corrected chi connectivity index (χ4v) is 6.81. The number of rotatable bonds is 11. The molecule has 1 fully saturated rings. The largest absolute Gasteiger partial charge is 0.480 e. The van der Waals surface area contributed by atoms with Gasteiger partial charge in [-0.1, -0.05) is 23.1 Å². The standard InChI is InChI=1S/C18H23N5O7S3/c1-8-21-22-17(33-8)32-7-9-6-31-16-18(30-2,15(29)23(16)12(9)14(27)28)20-11(24)5-3-4-10(19)13(25)26/h10,16H,3-7,19H2,1-2H3,(H,20,24)(H,25,26)(H,27,28)/t10-,16-,18+/m1/s1. The molecule has 0 radical (unpaired) electrons. The van der Waals surface area contributed by atoms with Gasteiger partial charge in [0.15, 0.2) is 4.34 Å². The third kappa shape index (κ3) is 5.16. The van der Waals surface area contributed by atoms with E-state index in [0.717, 1.165) is 9.91 Å². The highest BCUT2D eigenvalue weighted by molar-refractivity contribution is 8.01. The van der Waals surface area contributed by atoms with E-state index in [4.69, 9.17) is 15.6 Å². The average Bonchev–Trinajstić information content (AvgIpc) is 3.19. The highest BCUT2D eigenvalue weighted by Gasteiger charge is 2.66. The molecule has 15 heteroatoms. The second-order valence-electron chi connectivity index (χ2n) is 7.30. The first-order valence-corrected chi connectivity index (χ1v) is 12.6. The van der Waals surface area contributed by atoms with Gasteiger partial charge in [-0.15, -0.1) is 22.0 Å². The number of aromatic nitrogens is 2. The van der Waals surface area contributed by atoms with Crippen LogP contribution in [0.2, 0.25) is 0 Å². The molecular formula is C18H23N5O7S3. The van der Waals surface area contributed by atoms with E-state index in [-0.39, 0.29) is 25.0 Å². The van der Waals surface area contributed by atoms with E-state index in [9.17, 15) is 24.3 Å². The van der Waals surface area contributed by atoms with Gasteiger partial charge in [0, 0.05) is 25.0 Å². The molecule has 2 amide bonds. The SMILES string of the molecule is CO[C@@]1(NC(=O)CCC[C@@H](N)C(=O)O)C(=O)N2C(C(=O)O)=C(CSc3nnc(C)s3)CS[C@@H]21. The molecule has 0 spiro atoms. The van der Waals surface area contributed by atoms with Gasteiger partial charge in [0.25, 0.3) is 11.6 Å². The van der Waals surface area contributed by atoms with Crippen LogP contribution < -0.4 is 11.1 Å². The van der Waals surface area contributed by atoms with Gasteiger partial charge < -0.3 is 26.0 Å². The molecule has 0 aliphatic carbocycles. The van der Waals surface area contributed by atoms with Gasteiger partial charge in [-0.05, 0) is 25.3 Å². The van der Waals surface area contributed by atoms with E-state index in [2.05, 4.69) is 15.5 Å². The quantitative estimate of drug-likeness (QED) is 0.178. The number of aryl methyl sites for hydroxylation is 1. The minimum atomic E-state index is -1.69. The highest BCUT2D eigenvalue weighted by atomic mass is 32.2. The minimum absolute atomic E-state index is 0.0540. The van der Waals surface area contributed by atoms with Crippen molar-refractivity contribution in [3.05, 3.63) is 16.3 Å². The van der Waals surface area contributed by atoms with Crippen molar-refractivity contribution in [2.45, 2.75) is 47.7 Å². The summed E-state index contributed by atoms with van der Waals surface area (Å²) in [6.45, 7) is 1.82. The van der Waals surface area contributed by atoms with Gasteiger partial charge in [-0.25, -0.2) is 4.79 Å². The topological polar surface area (TPSA) is 185 Å². The summed E-state index contributed by atoms with van der Waals surface area (Å²) in [5.74, 6) is -2.93. The zero-order chi connectivity index (χ0) is 24.3. The van der Waals surface area contributed by atoms with Gasteiger partial charge in [-0.3, -0.25) is 19.3 Å². The maximum Gasteiger partial charge on any atom is 0.352 e. The monoisotopic (exact) mass is 517 g/mol. The van der Waals surface area contributed by atoms with Crippen molar-refractivity contribution in [2.24, 2.45) is 5.73 Å². The maximum absolute atomic E-state index is 13.0. The number of carbonyl (C=O) groups is 4. The molecule has 1 aromatic heterocycles. The number of carboxylic acids is 2. The molecule has 33 heavy (non-hydrogen) atoms. The number of aliphatic carboxylic acids is 2. The highest BCUT2D eigenvalue weighted by Crippen LogP contribution is 2.47. The van der Waals surface area contributed by atoms with Crippen LogP contribution in [0.1, 0.15) is 24.3 Å². The van der Waals surface area contributed by atoms with E-state index in [0.29, 0.717) is 21.4 Å². The van der Waals surface area contributed by atoms with Crippen molar-refractivity contribution >= 4 is 58.6 Å². The average molecular weight is 518 g/mol. The predicted molar refractivity (Wildman–Crippen MR) is 120 cm³/mol. The van der Waals surface area contributed by atoms with Crippen LogP contribution in [-0.2, 0) is 23.9 Å². The van der Waals surface area contributed by atoms with Gasteiger partial charge in [0.05, 0.1) is 0 Å². The summed E-state index contributed by atoms with van der Waals surface area (Å²) in [5.41, 5.74) is 4.19.